The number of methoxy groups -OCH3 is 1. The summed E-state index contributed by atoms with van der Waals surface area (Å²) >= 11 is 0. The zero-order valence-corrected chi connectivity index (χ0v) is 12.9. The van der Waals surface area contributed by atoms with Crippen LogP contribution in [0.2, 0.25) is 0 Å². The van der Waals surface area contributed by atoms with Crippen molar-refractivity contribution >= 4 is 0 Å². The van der Waals surface area contributed by atoms with E-state index in [-0.39, 0.29) is 12.4 Å². The van der Waals surface area contributed by atoms with Gasteiger partial charge < -0.3 is 19.3 Å². The lowest BCUT2D eigenvalue weighted by Gasteiger charge is -2.13. The third kappa shape index (κ3) is 5.75. The van der Waals surface area contributed by atoms with Gasteiger partial charge in [0.2, 0.25) is 0 Å². The summed E-state index contributed by atoms with van der Waals surface area (Å²) < 4.78 is 50.5. The number of halogens is 3. The number of aliphatic hydroxyl groups excluding tert-OH is 1. The molecule has 7 heteroatoms. The maximum absolute atomic E-state index is 12.1. The van der Waals surface area contributed by atoms with E-state index in [4.69, 9.17) is 9.47 Å². The molecule has 0 saturated carbocycles. The second-order valence-electron chi connectivity index (χ2n) is 5.00. The number of ether oxygens (including phenoxy) is 3. The van der Waals surface area contributed by atoms with E-state index >= 15 is 0 Å². The Morgan fingerprint density at radius 1 is 0.958 bits per heavy atom. The quantitative estimate of drug-likeness (QED) is 0.830. The van der Waals surface area contributed by atoms with Gasteiger partial charge in [-0.05, 0) is 35.4 Å². The average Bonchev–Trinajstić information content (AvgIpc) is 2.54. The summed E-state index contributed by atoms with van der Waals surface area (Å²) in [4.78, 5) is 0. The molecule has 2 aromatic rings. The van der Waals surface area contributed by atoms with E-state index in [2.05, 4.69) is 4.74 Å². The van der Waals surface area contributed by atoms with E-state index in [0.717, 1.165) is 23.4 Å². The first kappa shape index (κ1) is 18.1. The zero-order valence-electron chi connectivity index (χ0n) is 12.9. The van der Waals surface area contributed by atoms with Gasteiger partial charge >= 0.3 is 6.36 Å². The standard InChI is InChI=1S/C17H17F3O4/c1-22-14-6-2-12(3-7-14)10-23-11-16(21)13-4-8-15(9-5-13)24-17(18,19)20/h2-9,16,21H,10-11H2,1H3/t16-/m0/s1. The number of hydrogen-bond donors (Lipinski definition) is 1. The zero-order chi connectivity index (χ0) is 17.6. The molecule has 0 radical (unpaired) electrons. The predicted molar refractivity (Wildman–Crippen MR) is 80.7 cm³/mol. The maximum atomic E-state index is 12.1. The van der Waals surface area contributed by atoms with Crippen LogP contribution in [0.3, 0.4) is 0 Å². The highest BCUT2D eigenvalue weighted by Crippen LogP contribution is 2.24. The van der Waals surface area contributed by atoms with E-state index in [9.17, 15) is 18.3 Å². The fourth-order valence-electron chi connectivity index (χ4n) is 2.00. The van der Waals surface area contributed by atoms with Crippen LogP contribution in [0.4, 0.5) is 13.2 Å². The molecule has 0 aliphatic heterocycles. The molecule has 0 fully saturated rings. The van der Waals surface area contributed by atoms with E-state index in [1.54, 1.807) is 19.2 Å². The Hall–Kier alpha value is -2.25. The van der Waals surface area contributed by atoms with Crippen LogP contribution in [0.1, 0.15) is 17.2 Å². The van der Waals surface area contributed by atoms with E-state index < -0.39 is 12.5 Å². The van der Waals surface area contributed by atoms with Gasteiger partial charge in [-0.1, -0.05) is 24.3 Å². The van der Waals surface area contributed by atoms with Crippen LogP contribution in [-0.4, -0.2) is 25.2 Å². The van der Waals surface area contributed by atoms with Crippen LogP contribution in [0.15, 0.2) is 48.5 Å². The molecule has 24 heavy (non-hydrogen) atoms. The largest absolute Gasteiger partial charge is 0.573 e. The Morgan fingerprint density at radius 3 is 2.08 bits per heavy atom. The Balaban J connectivity index is 1.82. The van der Waals surface area contributed by atoms with Crippen molar-refractivity contribution in [2.75, 3.05) is 13.7 Å². The Labute approximate surface area is 137 Å². The molecular formula is C17H17F3O4. The van der Waals surface area contributed by atoms with Gasteiger partial charge in [-0.25, -0.2) is 0 Å². The minimum atomic E-state index is -4.73. The normalized spacial score (nSPS) is 12.7. The summed E-state index contributed by atoms with van der Waals surface area (Å²) in [5.41, 5.74) is 1.36. The fraction of sp³-hybridized carbons (Fsp3) is 0.294. The minimum Gasteiger partial charge on any atom is -0.497 e. The monoisotopic (exact) mass is 342 g/mol. The van der Waals surface area contributed by atoms with Crippen molar-refractivity contribution in [1.82, 2.24) is 0 Å². The van der Waals surface area contributed by atoms with Crippen molar-refractivity contribution in [2.45, 2.75) is 19.1 Å². The Bertz CT molecular complexity index is 624. The lowest BCUT2D eigenvalue weighted by Crippen LogP contribution is -2.17. The summed E-state index contributed by atoms with van der Waals surface area (Å²) in [6.45, 7) is 0.321. The van der Waals surface area contributed by atoms with Gasteiger partial charge in [0, 0.05) is 0 Å². The number of alkyl halides is 3. The van der Waals surface area contributed by atoms with Crippen molar-refractivity contribution in [1.29, 1.82) is 0 Å². The molecular weight excluding hydrogens is 325 g/mol. The smallest absolute Gasteiger partial charge is 0.497 e. The second-order valence-corrected chi connectivity index (χ2v) is 5.00. The topological polar surface area (TPSA) is 47.9 Å². The van der Waals surface area contributed by atoms with Crippen LogP contribution >= 0.6 is 0 Å². The minimum absolute atomic E-state index is 0.0193. The van der Waals surface area contributed by atoms with E-state index in [1.807, 2.05) is 12.1 Å². The first-order chi connectivity index (χ1) is 11.4. The number of rotatable bonds is 7. The van der Waals surface area contributed by atoms with E-state index in [1.165, 1.54) is 12.1 Å². The first-order valence-corrected chi connectivity index (χ1v) is 7.12. The van der Waals surface area contributed by atoms with Crippen LogP contribution in [0.25, 0.3) is 0 Å². The number of aliphatic hydroxyl groups is 1. The molecule has 0 bridgehead atoms. The van der Waals surface area contributed by atoms with Crippen molar-refractivity contribution in [3.63, 3.8) is 0 Å². The lowest BCUT2D eigenvalue weighted by molar-refractivity contribution is -0.274. The summed E-state index contributed by atoms with van der Waals surface area (Å²) in [6.07, 6.45) is -5.68. The van der Waals surface area contributed by atoms with Gasteiger partial charge in [-0.3, -0.25) is 0 Å². The Morgan fingerprint density at radius 2 is 1.54 bits per heavy atom. The molecule has 1 N–H and O–H groups in total. The van der Waals surface area contributed by atoms with Crippen LogP contribution < -0.4 is 9.47 Å². The van der Waals surface area contributed by atoms with Gasteiger partial charge in [0.25, 0.3) is 0 Å². The molecule has 0 saturated heterocycles. The third-order valence-electron chi connectivity index (χ3n) is 3.20. The number of hydrogen-bond acceptors (Lipinski definition) is 4. The average molecular weight is 342 g/mol. The first-order valence-electron chi connectivity index (χ1n) is 7.12. The van der Waals surface area contributed by atoms with Gasteiger partial charge in [0.15, 0.2) is 0 Å². The van der Waals surface area contributed by atoms with Crippen LogP contribution in [-0.2, 0) is 11.3 Å². The van der Waals surface area contributed by atoms with Crippen LogP contribution in [0, 0.1) is 0 Å². The fourth-order valence-corrected chi connectivity index (χ4v) is 2.00. The van der Waals surface area contributed by atoms with Crippen molar-refractivity contribution in [2.24, 2.45) is 0 Å². The van der Waals surface area contributed by atoms with Gasteiger partial charge in [0.05, 0.1) is 20.3 Å². The SMILES string of the molecule is COc1ccc(COC[C@H](O)c2ccc(OC(F)(F)F)cc2)cc1. The highest BCUT2D eigenvalue weighted by atomic mass is 19.4. The van der Waals surface area contributed by atoms with Gasteiger partial charge in [-0.15, -0.1) is 13.2 Å². The molecule has 0 aliphatic rings. The maximum Gasteiger partial charge on any atom is 0.573 e. The molecule has 0 spiro atoms. The predicted octanol–water partition coefficient (Wildman–Crippen LogP) is 3.84. The molecule has 130 valence electrons. The molecule has 2 aromatic carbocycles. The molecule has 0 heterocycles. The van der Waals surface area contributed by atoms with E-state index in [0.29, 0.717) is 12.2 Å². The Kier molecular flexibility index (Phi) is 6.05. The molecule has 0 unspecified atom stereocenters. The van der Waals surface area contributed by atoms with Crippen LogP contribution in [0.5, 0.6) is 11.5 Å². The molecule has 2 rings (SSSR count). The van der Waals surface area contributed by atoms with Crippen molar-refractivity contribution in [3.05, 3.63) is 59.7 Å². The summed E-state index contributed by atoms with van der Waals surface area (Å²) in [7, 11) is 1.58. The summed E-state index contributed by atoms with van der Waals surface area (Å²) in [5.74, 6) is 0.401. The van der Waals surface area contributed by atoms with Crippen molar-refractivity contribution < 1.29 is 32.5 Å². The lowest BCUT2D eigenvalue weighted by atomic mass is 10.1. The third-order valence-corrected chi connectivity index (χ3v) is 3.20. The van der Waals surface area contributed by atoms with Gasteiger partial charge in [-0.2, -0.15) is 0 Å². The van der Waals surface area contributed by atoms with Crippen molar-refractivity contribution in [3.8, 4) is 11.5 Å². The molecule has 0 amide bonds. The summed E-state index contributed by atoms with van der Waals surface area (Å²) in [6, 6.07) is 12.3. The number of benzene rings is 2. The molecule has 1 atom stereocenters. The summed E-state index contributed by atoms with van der Waals surface area (Å²) in [5, 5.41) is 10.00. The molecule has 0 aliphatic carbocycles. The molecule has 4 nitrogen and oxygen atoms in total. The molecule has 0 aromatic heterocycles. The second kappa shape index (κ2) is 8.03. The van der Waals surface area contributed by atoms with Gasteiger partial charge in [0.1, 0.15) is 17.6 Å². The highest BCUT2D eigenvalue weighted by Gasteiger charge is 2.31. The highest BCUT2D eigenvalue weighted by molar-refractivity contribution is 5.29.